The number of nitrogens with one attached hydrogen (secondary N) is 2. The van der Waals surface area contributed by atoms with E-state index in [-0.39, 0.29) is 18.7 Å². The standard InChI is InChI=1S/C19H24N4O2/c1-6-10-25-17-9-7-8-16(12-17)21-19(24)20-13(2)11-18-14(3)22-23(5)15(18)4/h1,7-9,12-13H,10-11H2,2-5H3,(H2,20,21,24)/t13-/m1/s1. The highest BCUT2D eigenvalue weighted by Gasteiger charge is 2.14. The molecule has 1 aromatic heterocycles. The van der Waals surface area contributed by atoms with Crippen LogP contribution < -0.4 is 15.4 Å². The van der Waals surface area contributed by atoms with Crippen LogP contribution in [0, 0.1) is 26.2 Å². The smallest absolute Gasteiger partial charge is 0.319 e. The number of benzene rings is 1. The van der Waals surface area contributed by atoms with E-state index in [1.54, 1.807) is 24.3 Å². The van der Waals surface area contributed by atoms with Crippen molar-refractivity contribution in [3.05, 3.63) is 41.2 Å². The van der Waals surface area contributed by atoms with Crippen LogP contribution in [0.2, 0.25) is 0 Å². The number of nitrogens with zero attached hydrogens (tertiary/aromatic N) is 2. The summed E-state index contributed by atoms with van der Waals surface area (Å²) < 4.78 is 7.21. The number of amides is 2. The fourth-order valence-electron chi connectivity index (χ4n) is 2.65. The van der Waals surface area contributed by atoms with Crippen molar-refractivity contribution in [2.75, 3.05) is 11.9 Å². The minimum Gasteiger partial charge on any atom is -0.481 e. The third-order valence-electron chi connectivity index (χ3n) is 3.96. The normalized spacial score (nSPS) is 11.5. The number of hydrogen-bond acceptors (Lipinski definition) is 3. The Morgan fingerprint density at radius 1 is 1.44 bits per heavy atom. The van der Waals surface area contributed by atoms with Gasteiger partial charge < -0.3 is 15.4 Å². The van der Waals surface area contributed by atoms with E-state index in [1.165, 1.54) is 5.56 Å². The molecule has 2 aromatic rings. The molecule has 1 atom stereocenters. The summed E-state index contributed by atoms with van der Waals surface area (Å²) >= 11 is 0. The molecule has 25 heavy (non-hydrogen) atoms. The molecule has 132 valence electrons. The lowest BCUT2D eigenvalue weighted by Crippen LogP contribution is -2.37. The average molecular weight is 340 g/mol. The summed E-state index contributed by atoms with van der Waals surface area (Å²) in [6.07, 6.45) is 5.90. The number of anilines is 1. The molecular weight excluding hydrogens is 316 g/mol. The largest absolute Gasteiger partial charge is 0.481 e. The summed E-state index contributed by atoms with van der Waals surface area (Å²) in [6, 6.07) is 6.83. The molecule has 2 rings (SSSR count). The fourth-order valence-corrected chi connectivity index (χ4v) is 2.65. The molecule has 0 spiro atoms. The zero-order valence-corrected chi connectivity index (χ0v) is 15.1. The third kappa shape index (κ3) is 5.01. The first-order valence-corrected chi connectivity index (χ1v) is 8.13. The van der Waals surface area contributed by atoms with Crippen molar-refractivity contribution in [3.63, 3.8) is 0 Å². The molecule has 0 saturated carbocycles. The van der Waals surface area contributed by atoms with Gasteiger partial charge in [-0.25, -0.2) is 4.79 Å². The van der Waals surface area contributed by atoms with Gasteiger partial charge in [0.1, 0.15) is 12.4 Å². The van der Waals surface area contributed by atoms with Crippen LogP contribution in [0.4, 0.5) is 10.5 Å². The minimum absolute atomic E-state index is 0.0255. The van der Waals surface area contributed by atoms with Gasteiger partial charge in [0.2, 0.25) is 0 Å². The predicted octanol–water partition coefficient (Wildman–Crippen LogP) is 2.80. The zero-order chi connectivity index (χ0) is 18.4. The summed E-state index contributed by atoms with van der Waals surface area (Å²) in [5.41, 5.74) is 3.92. The lowest BCUT2D eigenvalue weighted by molar-refractivity contribution is 0.249. The number of rotatable bonds is 6. The van der Waals surface area contributed by atoms with Crippen LogP contribution in [0.15, 0.2) is 24.3 Å². The molecule has 0 aliphatic carbocycles. The molecular formula is C19H24N4O2. The molecule has 0 bridgehead atoms. The molecule has 0 aliphatic rings. The van der Waals surface area contributed by atoms with Gasteiger partial charge in [-0.1, -0.05) is 12.0 Å². The first kappa shape index (κ1) is 18.4. The summed E-state index contributed by atoms with van der Waals surface area (Å²) in [6.45, 7) is 6.18. The first-order chi connectivity index (χ1) is 11.9. The maximum atomic E-state index is 12.2. The summed E-state index contributed by atoms with van der Waals surface area (Å²) in [5, 5.41) is 10.2. The Balaban J connectivity index is 1.92. The number of terminal acetylenes is 1. The van der Waals surface area contributed by atoms with Crippen molar-refractivity contribution in [2.45, 2.75) is 33.2 Å². The van der Waals surface area contributed by atoms with Crippen LogP contribution in [0.3, 0.4) is 0 Å². The van der Waals surface area contributed by atoms with Crippen LogP contribution in [-0.4, -0.2) is 28.5 Å². The van der Waals surface area contributed by atoms with Crippen LogP contribution in [-0.2, 0) is 13.5 Å². The van der Waals surface area contributed by atoms with Gasteiger partial charge in [-0.2, -0.15) is 5.10 Å². The van der Waals surface area contributed by atoms with Gasteiger partial charge in [0.25, 0.3) is 0 Å². The molecule has 1 aromatic carbocycles. The molecule has 0 aliphatic heterocycles. The molecule has 6 heteroatoms. The lowest BCUT2D eigenvalue weighted by atomic mass is 10.1. The molecule has 0 radical (unpaired) electrons. The van der Waals surface area contributed by atoms with E-state index < -0.39 is 0 Å². The highest BCUT2D eigenvalue weighted by molar-refractivity contribution is 5.89. The molecule has 0 fully saturated rings. The second kappa shape index (κ2) is 8.25. The second-order valence-electron chi connectivity index (χ2n) is 6.00. The number of urea groups is 1. The van der Waals surface area contributed by atoms with E-state index in [1.807, 2.05) is 32.5 Å². The molecule has 1 heterocycles. The highest BCUT2D eigenvalue weighted by Crippen LogP contribution is 2.17. The van der Waals surface area contributed by atoms with E-state index in [9.17, 15) is 4.79 Å². The predicted molar refractivity (Wildman–Crippen MR) is 98.8 cm³/mol. The van der Waals surface area contributed by atoms with E-state index in [0.717, 1.165) is 17.8 Å². The Hall–Kier alpha value is -2.94. The Bertz CT molecular complexity index is 789. The Morgan fingerprint density at radius 3 is 2.84 bits per heavy atom. The number of ether oxygens (including phenoxy) is 1. The number of carbonyl (C=O) groups excluding carboxylic acids is 1. The zero-order valence-electron chi connectivity index (χ0n) is 15.1. The van der Waals surface area contributed by atoms with Gasteiger partial charge in [-0.05, 0) is 44.9 Å². The van der Waals surface area contributed by atoms with Gasteiger partial charge in [0, 0.05) is 30.5 Å². The Morgan fingerprint density at radius 2 is 2.20 bits per heavy atom. The third-order valence-corrected chi connectivity index (χ3v) is 3.96. The maximum absolute atomic E-state index is 12.2. The molecule has 6 nitrogen and oxygen atoms in total. The monoisotopic (exact) mass is 340 g/mol. The lowest BCUT2D eigenvalue weighted by Gasteiger charge is -2.15. The van der Waals surface area contributed by atoms with E-state index >= 15 is 0 Å². The quantitative estimate of drug-likeness (QED) is 0.795. The van der Waals surface area contributed by atoms with E-state index in [4.69, 9.17) is 11.2 Å². The Labute approximate surface area is 148 Å². The number of aryl methyl sites for hydroxylation is 2. The maximum Gasteiger partial charge on any atom is 0.319 e. The van der Waals surface area contributed by atoms with Crippen molar-refractivity contribution in [1.82, 2.24) is 15.1 Å². The SMILES string of the molecule is C#CCOc1cccc(NC(=O)N[C@H](C)Cc2c(C)nn(C)c2C)c1. The molecule has 2 N–H and O–H groups in total. The van der Waals surface area contributed by atoms with Gasteiger partial charge >= 0.3 is 6.03 Å². The molecule has 0 saturated heterocycles. The van der Waals surface area contributed by atoms with Crippen molar-refractivity contribution >= 4 is 11.7 Å². The van der Waals surface area contributed by atoms with Crippen molar-refractivity contribution in [3.8, 4) is 18.1 Å². The highest BCUT2D eigenvalue weighted by atomic mass is 16.5. The van der Waals surface area contributed by atoms with Gasteiger partial charge in [0.15, 0.2) is 0 Å². The summed E-state index contributed by atoms with van der Waals surface area (Å²) in [7, 11) is 1.92. The van der Waals surface area contributed by atoms with Crippen LogP contribution >= 0.6 is 0 Å². The molecule has 2 amide bonds. The Kier molecular flexibility index (Phi) is 6.07. The minimum atomic E-state index is -0.263. The van der Waals surface area contributed by atoms with Gasteiger partial charge in [-0.3, -0.25) is 4.68 Å². The van der Waals surface area contributed by atoms with Gasteiger partial charge in [0.05, 0.1) is 5.69 Å². The number of carbonyl (C=O) groups is 1. The van der Waals surface area contributed by atoms with Crippen LogP contribution in [0.25, 0.3) is 0 Å². The number of hydrogen-bond donors (Lipinski definition) is 2. The first-order valence-electron chi connectivity index (χ1n) is 8.13. The molecule has 0 unspecified atom stereocenters. The van der Waals surface area contributed by atoms with Crippen molar-refractivity contribution in [1.29, 1.82) is 0 Å². The van der Waals surface area contributed by atoms with Gasteiger partial charge in [-0.15, -0.1) is 6.42 Å². The summed E-state index contributed by atoms with van der Waals surface area (Å²) in [5.74, 6) is 3.02. The van der Waals surface area contributed by atoms with Crippen molar-refractivity contribution in [2.24, 2.45) is 7.05 Å². The number of aromatic nitrogens is 2. The summed E-state index contributed by atoms with van der Waals surface area (Å²) in [4.78, 5) is 12.2. The van der Waals surface area contributed by atoms with Crippen LogP contribution in [0.1, 0.15) is 23.9 Å². The average Bonchev–Trinajstić information content (AvgIpc) is 2.79. The second-order valence-corrected chi connectivity index (χ2v) is 6.00. The van der Waals surface area contributed by atoms with Crippen LogP contribution in [0.5, 0.6) is 5.75 Å². The topological polar surface area (TPSA) is 68.2 Å². The van der Waals surface area contributed by atoms with E-state index in [0.29, 0.717) is 11.4 Å². The van der Waals surface area contributed by atoms with E-state index in [2.05, 4.69) is 21.7 Å². The van der Waals surface area contributed by atoms with Crippen molar-refractivity contribution < 1.29 is 9.53 Å². The fraction of sp³-hybridized carbons (Fsp3) is 0.368.